The molecule has 1 aromatic carbocycles. The second-order valence-corrected chi connectivity index (χ2v) is 7.85. The Bertz CT molecular complexity index is 811. The lowest BCUT2D eigenvalue weighted by molar-refractivity contribution is 0.254. The van der Waals surface area contributed by atoms with Gasteiger partial charge in [-0.15, -0.1) is 0 Å². The second-order valence-electron chi connectivity index (χ2n) is 6.09. The predicted molar refractivity (Wildman–Crippen MR) is 96.9 cm³/mol. The highest BCUT2D eigenvalue weighted by Crippen LogP contribution is 2.11. The SMILES string of the molecule is O=S(=O)(NCCCN1CCN(c2ncccn2)CC1)c1cccc(F)c1. The molecular formula is C17H22FN5O2S. The Balaban J connectivity index is 1.39. The van der Waals surface area contributed by atoms with E-state index < -0.39 is 15.8 Å². The van der Waals surface area contributed by atoms with Crippen LogP contribution in [-0.2, 0) is 10.0 Å². The van der Waals surface area contributed by atoms with E-state index >= 15 is 0 Å². The van der Waals surface area contributed by atoms with Gasteiger partial charge in [0.1, 0.15) is 5.82 Å². The van der Waals surface area contributed by atoms with Crippen LogP contribution in [0.25, 0.3) is 0 Å². The number of aromatic nitrogens is 2. The molecule has 0 saturated carbocycles. The highest BCUT2D eigenvalue weighted by molar-refractivity contribution is 7.89. The van der Waals surface area contributed by atoms with Gasteiger partial charge in [-0.3, -0.25) is 4.90 Å². The molecule has 0 spiro atoms. The van der Waals surface area contributed by atoms with Crippen LogP contribution >= 0.6 is 0 Å². The third-order valence-corrected chi connectivity index (χ3v) is 5.72. The lowest BCUT2D eigenvalue weighted by Crippen LogP contribution is -2.47. The van der Waals surface area contributed by atoms with Crippen LogP contribution in [0.5, 0.6) is 0 Å². The first-order valence-electron chi connectivity index (χ1n) is 8.54. The first-order valence-corrected chi connectivity index (χ1v) is 10.0. The summed E-state index contributed by atoms with van der Waals surface area (Å²) in [6.45, 7) is 4.58. The molecule has 1 fully saturated rings. The summed E-state index contributed by atoms with van der Waals surface area (Å²) in [5.74, 6) is 0.183. The van der Waals surface area contributed by atoms with Gasteiger partial charge in [0.2, 0.25) is 16.0 Å². The Morgan fingerprint density at radius 3 is 2.50 bits per heavy atom. The number of piperazine rings is 1. The molecule has 0 aliphatic carbocycles. The van der Waals surface area contributed by atoms with Gasteiger partial charge < -0.3 is 4.90 Å². The molecular weight excluding hydrogens is 357 g/mol. The standard InChI is InChI=1S/C17H22FN5O2S/c18-15-4-1-5-16(14-15)26(24,25)21-8-3-9-22-10-12-23(13-11-22)17-19-6-2-7-20-17/h1-2,4-7,14,21H,3,8-13H2. The van der Waals surface area contributed by atoms with Crippen LogP contribution in [-0.4, -0.2) is 62.6 Å². The molecule has 3 rings (SSSR count). The third-order valence-electron chi connectivity index (χ3n) is 4.26. The van der Waals surface area contributed by atoms with E-state index in [-0.39, 0.29) is 4.90 Å². The Labute approximate surface area is 152 Å². The maximum Gasteiger partial charge on any atom is 0.240 e. The minimum absolute atomic E-state index is 0.0472. The average molecular weight is 379 g/mol. The van der Waals surface area contributed by atoms with Crippen molar-refractivity contribution in [2.75, 3.05) is 44.2 Å². The maximum absolute atomic E-state index is 13.2. The van der Waals surface area contributed by atoms with Crippen molar-refractivity contribution in [1.29, 1.82) is 0 Å². The number of halogens is 1. The molecule has 0 atom stereocenters. The van der Waals surface area contributed by atoms with E-state index in [0.29, 0.717) is 13.0 Å². The highest BCUT2D eigenvalue weighted by Gasteiger charge is 2.19. The Hall–Kier alpha value is -2.10. The van der Waals surface area contributed by atoms with Gasteiger partial charge in [0.25, 0.3) is 0 Å². The molecule has 7 nitrogen and oxygen atoms in total. The summed E-state index contributed by atoms with van der Waals surface area (Å²) >= 11 is 0. The molecule has 9 heteroatoms. The van der Waals surface area contributed by atoms with Crippen LogP contribution < -0.4 is 9.62 Å². The van der Waals surface area contributed by atoms with Crippen molar-refractivity contribution in [1.82, 2.24) is 19.6 Å². The topological polar surface area (TPSA) is 78.4 Å². The van der Waals surface area contributed by atoms with E-state index in [1.54, 1.807) is 18.5 Å². The summed E-state index contributed by atoms with van der Waals surface area (Å²) < 4.78 is 39.9. The summed E-state index contributed by atoms with van der Waals surface area (Å²) in [7, 11) is -3.66. The van der Waals surface area contributed by atoms with E-state index in [9.17, 15) is 12.8 Å². The maximum atomic E-state index is 13.2. The van der Waals surface area contributed by atoms with Crippen molar-refractivity contribution in [2.45, 2.75) is 11.3 Å². The number of anilines is 1. The van der Waals surface area contributed by atoms with Crippen molar-refractivity contribution in [3.05, 3.63) is 48.5 Å². The first kappa shape index (κ1) is 18.7. The molecule has 1 saturated heterocycles. The first-order chi connectivity index (χ1) is 12.5. The quantitative estimate of drug-likeness (QED) is 0.726. The Kier molecular flexibility index (Phi) is 6.12. The number of hydrogen-bond acceptors (Lipinski definition) is 6. The van der Waals surface area contributed by atoms with Crippen LogP contribution in [0.3, 0.4) is 0 Å². The van der Waals surface area contributed by atoms with Gasteiger partial charge in [-0.25, -0.2) is 27.5 Å². The minimum Gasteiger partial charge on any atom is -0.338 e. The summed E-state index contributed by atoms with van der Waals surface area (Å²) in [6.07, 6.45) is 4.16. The molecule has 0 bridgehead atoms. The molecule has 1 aromatic heterocycles. The zero-order chi connectivity index (χ0) is 18.4. The largest absolute Gasteiger partial charge is 0.338 e. The molecule has 140 valence electrons. The van der Waals surface area contributed by atoms with E-state index in [2.05, 4.69) is 24.5 Å². The van der Waals surface area contributed by atoms with Gasteiger partial charge in [-0.2, -0.15) is 0 Å². The average Bonchev–Trinajstić information content (AvgIpc) is 2.66. The van der Waals surface area contributed by atoms with Gasteiger partial charge in [0.15, 0.2) is 0 Å². The zero-order valence-electron chi connectivity index (χ0n) is 14.4. The fourth-order valence-corrected chi connectivity index (χ4v) is 3.96. The lowest BCUT2D eigenvalue weighted by Gasteiger charge is -2.34. The molecule has 2 heterocycles. The predicted octanol–water partition coefficient (Wildman–Crippen LogP) is 1.11. The van der Waals surface area contributed by atoms with Crippen LogP contribution in [0, 0.1) is 5.82 Å². The summed E-state index contributed by atoms with van der Waals surface area (Å²) in [6, 6.07) is 6.81. The number of nitrogens with one attached hydrogen (secondary N) is 1. The van der Waals surface area contributed by atoms with E-state index in [1.165, 1.54) is 18.2 Å². The Morgan fingerprint density at radius 1 is 1.08 bits per heavy atom. The normalized spacial score (nSPS) is 16.0. The van der Waals surface area contributed by atoms with Crippen molar-refractivity contribution in [2.24, 2.45) is 0 Å². The number of hydrogen-bond donors (Lipinski definition) is 1. The van der Waals surface area contributed by atoms with Crippen LogP contribution in [0.1, 0.15) is 6.42 Å². The molecule has 1 N–H and O–H groups in total. The van der Waals surface area contributed by atoms with Crippen molar-refractivity contribution in [3.63, 3.8) is 0 Å². The number of rotatable bonds is 7. The van der Waals surface area contributed by atoms with Crippen molar-refractivity contribution in [3.8, 4) is 0 Å². The Morgan fingerprint density at radius 2 is 1.81 bits per heavy atom. The smallest absolute Gasteiger partial charge is 0.240 e. The molecule has 2 aromatic rings. The summed E-state index contributed by atoms with van der Waals surface area (Å²) in [5.41, 5.74) is 0. The van der Waals surface area contributed by atoms with Gasteiger partial charge in [0, 0.05) is 45.1 Å². The monoisotopic (exact) mass is 379 g/mol. The molecule has 0 amide bonds. The van der Waals surface area contributed by atoms with Gasteiger partial charge in [0.05, 0.1) is 4.90 Å². The highest BCUT2D eigenvalue weighted by atomic mass is 32.2. The van der Waals surface area contributed by atoms with Gasteiger partial charge >= 0.3 is 0 Å². The van der Waals surface area contributed by atoms with E-state index in [1.807, 2.05) is 0 Å². The molecule has 0 unspecified atom stereocenters. The number of sulfonamides is 1. The fourth-order valence-electron chi connectivity index (χ4n) is 2.85. The zero-order valence-corrected chi connectivity index (χ0v) is 15.2. The van der Waals surface area contributed by atoms with Gasteiger partial charge in [-0.05, 0) is 37.2 Å². The van der Waals surface area contributed by atoms with E-state index in [0.717, 1.165) is 44.7 Å². The third kappa shape index (κ3) is 4.96. The van der Waals surface area contributed by atoms with Crippen molar-refractivity contribution < 1.29 is 12.8 Å². The minimum atomic E-state index is -3.66. The van der Waals surface area contributed by atoms with E-state index in [4.69, 9.17) is 0 Å². The van der Waals surface area contributed by atoms with Crippen LogP contribution in [0.2, 0.25) is 0 Å². The molecule has 1 aliphatic rings. The summed E-state index contributed by atoms with van der Waals surface area (Å²) in [4.78, 5) is 12.9. The number of benzene rings is 1. The fraction of sp³-hybridized carbons (Fsp3) is 0.412. The van der Waals surface area contributed by atoms with Crippen molar-refractivity contribution >= 4 is 16.0 Å². The van der Waals surface area contributed by atoms with Crippen LogP contribution in [0.4, 0.5) is 10.3 Å². The molecule has 1 aliphatic heterocycles. The lowest BCUT2D eigenvalue weighted by atomic mass is 10.3. The summed E-state index contributed by atoms with van der Waals surface area (Å²) in [5, 5.41) is 0. The second kappa shape index (κ2) is 8.52. The molecule has 0 radical (unpaired) electrons. The number of nitrogens with zero attached hydrogens (tertiary/aromatic N) is 4. The van der Waals surface area contributed by atoms with Crippen LogP contribution in [0.15, 0.2) is 47.6 Å². The molecule has 26 heavy (non-hydrogen) atoms. The van der Waals surface area contributed by atoms with Gasteiger partial charge in [-0.1, -0.05) is 6.07 Å².